The van der Waals surface area contributed by atoms with Gasteiger partial charge >= 0.3 is 6.01 Å². The minimum atomic E-state index is 0.319. The van der Waals surface area contributed by atoms with Crippen LogP contribution in [0.2, 0.25) is 0 Å². The van der Waals surface area contributed by atoms with Crippen LogP contribution < -0.4 is 4.74 Å². The summed E-state index contributed by atoms with van der Waals surface area (Å²) in [6.45, 7) is 0. The van der Waals surface area contributed by atoms with Crippen molar-refractivity contribution in [3.8, 4) is 23.0 Å². The second-order valence-electron chi connectivity index (χ2n) is 5.21. The summed E-state index contributed by atoms with van der Waals surface area (Å²) < 4.78 is 7.59. The zero-order valence-electron chi connectivity index (χ0n) is 12.5. The van der Waals surface area contributed by atoms with Gasteiger partial charge in [-0.3, -0.25) is 0 Å². The van der Waals surface area contributed by atoms with Crippen molar-refractivity contribution in [2.75, 3.05) is 0 Å². The van der Waals surface area contributed by atoms with E-state index < -0.39 is 0 Å². The van der Waals surface area contributed by atoms with Gasteiger partial charge in [0.05, 0.1) is 5.69 Å². The second-order valence-corrected chi connectivity index (χ2v) is 5.21. The smallest absolute Gasteiger partial charge is 0.321 e. The van der Waals surface area contributed by atoms with Crippen LogP contribution in [0.3, 0.4) is 0 Å². The van der Waals surface area contributed by atoms with E-state index in [0.29, 0.717) is 11.8 Å². The number of aryl methyl sites for hydroxylation is 1. The predicted octanol–water partition coefficient (Wildman–Crippen LogP) is 3.82. The number of hydrogen-bond acceptors (Lipinski definition) is 4. The highest BCUT2D eigenvalue weighted by Gasteiger charge is 2.06. The molecule has 0 unspecified atom stereocenters. The highest BCUT2D eigenvalue weighted by molar-refractivity contribution is 5.79. The predicted molar refractivity (Wildman–Crippen MR) is 88.3 cm³/mol. The maximum absolute atomic E-state index is 5.60. The third kappa shape index (κ3) is 2.64. The fourth-order valence-corrected chi connectivity index (χ4v) is 2.39. The van der Waals surface area contributed by atoms with E-state index in [2.05, 4.69) is 15.0 Å². The van der Waals surface area contributed by atoms with Gasteiger partial charge in [-0.05, 0) is 30.3 Å². The zero-order chi connectivity index (χ0) is 15.6. The molecule has 0 bridgehead atoms. The Balaban J connectivity index is 1.62. The Labute approximate surface area is 133 Å². The number of benzene rings is 1. The number of rotatable bonds is 3. The van der Waals surface area contributed by atoms with Gasteiger partial charge in [0, 0.05) is 36.6 Å². The van der Waals surface area contributed by atoms with Gasteiger partial charge < -0.3 is 9.30 Å². The third-order valence-corrected chi connectivity index (χ3v) is 3.59. The summed E-state index contributed by atoms with van der Waals surface area (Å²) in [5.74, 6) is 0.712. The number of fused-ring (bicyclic) bond motifs is 1. The average molecular weight is 302 g/mol. The van der Waals surface area contributed by atoms with Crippen LogP contribution in [0.15, 0.2) is 67.1 Å². The number of ether oxygens (including phenoxy) is 1. The first-order valence-electron chi connectivity index (χ1n) is 7.27. The highest BCUT2D eigenvalue weighted by atomic mass is 16.5. The number of para-hydroxylation sites is 1. The van der Waals surface area contributed by atoms with Crippen LogP contribution in [-0.2, 0) is 7.05 Å². The summed E-state index contributed by atoms with van der Waals surface area (Å²) in [4.78, 5) is 13.2. The lowest BCUT2D eigenvalue weighted by atomic mass is 10.2. The topological polar surface area (TPSA) is 52.8 Å². The molecule has 23 heavy (non-hydrogen) atoms. The van der Waals surface area contributed by atoms with Crippen molar-refractivity contribution in [2.45, 2.75) is 0 Å². The first kappa shape index (κ1) is 13.5. The minimum absolute atomic E-state index is 0.319. The molecule has 4 rings (SSSR count). The fourth-order valence-electron chi connectivity index (χ4n) is 2.39. The Bertz CT molecular complexity index is 946. The van der Waals surface area contributed by atoms with Crippen molar-refractivity contribution in [2.24, 2.45) is 7.05 Å². The van der Waals surface area contributed by atoms with Crippen LogP contribution >= 0.6 is 0 Å². The molecule has 4 aromatic rings. The van der Waals surface area contributed by atoms with Crippen LogP contribution in [0.25, 0.3) is 22.3 Å². The van der Waals surface area contributed by atoms with E-state index in [0.717, 1.165) is 22.3 Å². The first-order valence-corrected chi connectivity index (χ1v) is 7.27. The molecular formula is C18H14N4O. The summed E-state index contributed by atoms with van der Waals surface area (Å²) >= 11 is 0. The molecule has 112 valence electrons. The Kier molecular flexibility index (Phi) is 3.24. The zero-order valence-corrected chi connectivity index (χ0v) is 12.5. The van der Waals surface area contributed by atoms with Gasteiger partial charge in [-0.15, -0.1) is 0 Å². The van der Waals surface area contributed by atoms with Gasteiger partial charge in [0.2, 0.25) is 0 Å². The number of aromatic nitrogens is 4. The molecule has 0 saturated heterocycles. The molecule has 0 spiro atoms. The van der Waals surface area contributed by atoms with Crippen LogP contribution in [0.4, 0.5) is 0 Å². The van der Waals surface area contributed by atoms with E-state index in [1.807, 2.05) is 66.3 Å². The molecule has 0 amide bonds. The molecular weight excluding hydrogens is 288 g/mol. The molecule has 0 aliphatic heterocycles. The molecule has 5 nitrogen and oxygen atoms in total. The van der Waals surface area contributed by atoms with Crippen LogP contribution in [0, 0.1) is 0 Å². The molecule has 0 aliphatic carbocycles. The largest absolute Gasteiger partial charge is 0.424 e. The van der Waals surface area contributed by atoms with Crippen molar-refractivity contribution < 1.29 is 4.74 Å². The quantitative estimate of drug-likeness (QED) is 0.577. The Morgan fingerprint density at radius 3 is 2.48 bits per heavy atom. The second kappa shape index (κ2) is 5.53. The van der Waals surface area contributed by atoms with Gasteiger partial charge in [0.25, 0.3) is 0 Å². The molecule has 5 heteroatoms. The van der Waals surface area contributed by atoms with E-state index in [1.165, 1.54) is 0 Å². The fraction of sp³-hybridized carbons (Fsp3) is 0.0556. The van der Waals surface area contributed by atoms with E-state index in [-0.39, 0.29) is 0 Å². The monoisotopic (exact) mass is 302 g/mol. The molecule has 0 N–H and O–H groups in total. The third-order valence-electron chi connectivity index (χ3n) is 3.59. The van der Waals surface area contributed by atoms with Gasteiger partial charge in [0.1, 0.15) is 11.4 Å². The lowest BCUT2D eigenvalue weighted by Gasteiger charge is -2.05. The SMILES string of the molecule is Cn1ccc2ccc(-c3cnc(Oc4ccccc4)nc3)nc21. The Morgan fingerprint density at radius 1 is 0.913 bits per heavy atom. The molecule has 3 aromatic heterocycles. The van der Waals surface area contributed by atoms with E-state index >= 15 is 0 Å². The van der Waals surface area contributed by atoms with Crippen LogP contribution in [-0.4, -0.2) is 19.5 Å². The van der Waals surface area contributed by atoms with Crippen molar-refractivity contribution in [1.29, 1.82) is 0 Å². The number of nitrogens with zero attached hydrogens (tertiary/aromatic N) is 4. The van der Waals surface area contributed by atoms with E-state index in [4.69, 9.17) is 4.74 Å². The average Bonchev–Trinajstić information content (AvgIpc) is 2.97. The lowest BCUT2D eigenvalue weighted by molar-refractivity contribution is 0.442. The molecule has 3 heterocycles. The molecule has 1 aromatic carbocycles. The summed E-state index contributed by atoms with van der Waals surface area (Å²) in [5.41, 5.74) is 2.63. The standard InChI is InChI=1S/C18H14N4O/c1-22-10-9-13-7-8-16(21-17(13)22)14-11-19-18(20-12-14)23-15-5-3-2-4-6-15/h2-12H,1H3. The van der Waals surface area contributed by atoms with Gasteiger partial charge in [-0.25, -0.2) is 15.0 Å². The maximum Gasteiger partial charge on any atom is 0.321 e. The maximum atomic E-state index is 5.60. The van der Waals surface area contributed by atoms with Gasteiger partial charge in [0.15, 0.2) is 0 Å². The molecule has 0 atom stereocenters. The van der Waals surface area contributed by atoms with Crippen LogP contribution in [0.1, 0.15) is 0 Å². The minimum Gasteiger partial charge on any atom is -0.424 e. The summed E-state index contributed by atoms with van der Waals surface area (Å²) in [7, 11) is 1.98. The van der Waals surface area contributed by atoms with Crippen molar-refractivity contribution >= 4 is 11.0 Å². The van der Waals surface area contributed by atoms with Crippen molar-refractivity contribution in [3.63, 3.8) is 0 Å². The number of hydrogen-bond donors (Lipinski definition) is 0. The number of pyridine rings is 1. The molecule has 0 radical (unpaired) electrons. The summed E-state index contributed by atoms with van der Waals surface area (Å²) in [6, 6.07) is 15.8. The van der Waals surface area contributed by atoms with Crippen LogP contribution in [0.5, 0.6) is 11.8 Å². The summed E-state index contributed by atoms with van der Waals surface area (Å²) in [5, 5.41) is 1.11. The highest BCUT2D eigenvalue weighted by Crippen LogP contribution is 2.22. The van der Waals surface area contributed by atoms with E-state index in [1.54, 1.807) is 12.4 Å². The van der Waals surface area contributed by atoms with E-state index in [9.17, 15) is 0 Å². The lowest BCUT2D eigenvalue weighted by Crippen LogP contribution is -1.94. The first-order chi connectivity index (χ1) is 11.3. The van der Waals surface area contributed by atoms with Crippen molar-refractivity contribution in [1.82, 2.24) is 19.5 Å². The van der Waals surface area contributed by atoms with Gasteiger partial charge in [-0.2, -0.15) is 0 Å². The normalized spacial score (nSPS) is 10.8. The molecule has 0 saturated carbocycles. The van der Waals surface area contributed by atoms with Crippen molar-refractivity contribution in [3.05, 3.63) is 67.1 Å². The summed E-state index contributed by atoms with van der Waals surface area (Å²) in [6.07, 6.45) is 5.44. The van der Waals surface area contributed by atoms with Gasteiger partial charge in [-0.1, -0.05) is 18.2 Å². The Morgan fingerprint density at radius 2 is 1.70 bits per heavy atom. The molecule has 0 aliphatic rings. The molecule has 0 fully saturated rings. The Hall–Kier alpha value is -3.21.